The van der Waals surface area contributed by atoms with E-state index in [1.54, 1.807) is 0 Å². The first-order chi connectivity index (χ1) is 9.36. The third kappa shape index (κ3) is 3.87. The van der Waals surface area contributed by atoms with Gasteiger partial charge >= 0.3 is 5.69 Å². The number of hydrogen-bond acceptors (Lipinski definition) is 5. The molecule has 0 radical (unpaired) electrons. The topological polar surface area (TPSA) is 122 Å². The second kappa shape index (κ2) is 6.78. The van der Waals surface area contributed by atoms with E-state index in [1.807, 2.05) is 13.8 Å². The smallest absolute Gasteiger partial charge is 0.330 e. The van der Waals surface area contributed by atoms with Crippen LogP contribution in [-0.4, -0.2) is 29.1 Å². The largest absolute Gasteiger partial charge is 0.383 e. The van der Waals surface area contributed by atoms with Crippen molar-refractivity contribution in [3.63, 3.8) is 0 Å². The number of aromatic nitrogens is 2. The van der Waals surface area contributed by atoms with Crippen molar-refractivity contribution in [3.8, 4) is 0 Å². The van der Waals surface area contributed by atoms with Gasteiger partial charge in [0.05, 0.1) is 0 Å². The highest BCUT2D eigenvalue weighted by Gasteiger charge is 2.13. The number of nitrogens with one attached hydrogen (secondary N) is 3. The Balaban J connectivity index is 2.98. The molecule has 1 rings (SSSR count). The van der Waals surface area contributed by atoms with Crippen LogP contribution in [-0.2, 0) is 11.3 Å². The Kier molecular flexibility index (Phi) is 5.36. The molecule has 0 aliphatic heterocycles. The van der Waals surface area contributed by atoms with Crippen molar-refractivity contribution in [1.29, 1.82) is 0 Å². The molecule has 0 fully saturated rings. The summed E-state index contributed by atoms with van der Waals surface area (Å²) in [5.41, 5.74) is 4.87. The molecular weight excluding hydrogens is 262 g/mol. The van der Waals surface area contributed by atoms with E-state index in [0.717, 1.165) is 0 Å². The lowest BCUT2D eigenvalue weighted by atomic mass is 10.2. The Bertz CT molecular complexity index is 588. The van der Waals surface area contributed by atoms with Gasteiger partial charge in [0.25, 0.3) is 5.56 Å². The van der Waals surface area contributed by atoms with E-state index in [1.165, 1.54) is 11.6 Å². The van der Waals surface area contributed by atoms with Gasteiger partial charge in [0.2, 0.25) is 5.91 Å². The fourth-order valence-electron chi connectivity index (χ4n) is 1.73. The molecule has 112 valence electrons. The lowest BCUT2D eigenvalue weighted by Crippen LogP contribution is -2.35. The fraction of sp³-hybridized carbons (Fsp3) is 0.583. The lowest BCUT2D eigenvalue weighted by molar-refractivity contribution is -0.120. The van der Waals surface area contributed by atoms with Crippen molar-refractivity contribution in [1.82, 2.24) is 14.9 Å². The number of nitrogens with zero attached hydrogens (tertiary/aromatic N) is 1. The number of aromatic amines is 1. The minimum Gasteiger partial charge on any atom is -0.383 e. The molecule has 5 N–H and O–H groups in total. The molecule has 8 heteroatoms. The molecule has 0 bridgehead atoms. The average Bonchev–Trinajstić information content (AvgIpc) is 2.37. The molecular formula is C12H21N5O3. The number of hydrogen-bond donors (Lipinski definition) is 4. The Morgan fingerprint density at radius 3 is 2.60 bits per heavy atom. The maximum Gasteiger partial charge on any atom is 0.330 e. The van der Waals surface area contributed by atoms with Gasteiger partial charge in [-0.05, 0) is 5.92 Å². The van der Waals surface area contributed by atoms with Gasteiger partial charge in [0.15, 0.2) is 0 Å². The molecule has 0 saturated heterocycles. The fourth-order valence-corrected chi connectivity index (χ4v) is 1.73. The predicted octanol–water partition coefficient (Wildman–Crippen LogP) is -0.677. The molecule has 1 heterocycles. The SMILES string of the molecule is CNC(=O)CCNc1c(N)n(CC(C)C)c(=O)[nH]c1=O. The van der Waals surface area contributed by atoms with Gasteiger partial charge in [-0.15, -0.1) is 0 Å². The molecule has 0 spiro atoms. The van der Waals surface area contributed by atoms with Crippen LogP contribution in [0.2, 0.25) is 0 Å². The number of nitrogen functional groups attached to an aromatic ring is 1. The van der Waals surface area contributed by atoms with Crippen molar-refractivity contribution in [2.45, 2.75) is 26.8 Å². The van der Waals surface area contributed by atoms with E-state index >= 15 is 0 Å². The van der Waals surface area contributed by atoms with Crippen LogP contribution in [0.5, 0.6) is 0 Å². The van der Waals surface area contributed by atoms with Crippen molar-refractivity contribution < 1.29 is 4.79 Å². The molecule has 0 unspecified atom stereocenters. The average molecular weight is 283 g/mol. The first-order valence-electron chi connectivity index (χ1n) is 6.43. The number of rotatable bonds is 6. The molecule has 8 nitrogen and oxygen atoms in total. The summed E-state index contributed by atoms with van der Waals surface area (Å²) in [5.74, 6) is 0.145. The van der Waals surface area contributed by atoms with Crippen LogP contribution >= 0.6 is 0 Å². The summed E-state index contributed by atoms with van der Waals surface area (Å²) in [6.45, 7) is 4.55. The normalized spacial score (nSPS) is 10.6. The van der Waals surface area contributed by atoms with E-state index < -0.39 is 11.2 Å². The zero-order valence-corrected chi connectivity index (χ0v) is 11.9. The third-order valence-electron chi connectivity index (χ3n) is 2.72. The van der Waals surface area contributed by atoms with Gasteiger partial charge in [-0.3, -0.25) is 19.1 Å². The number of H-pyrrole nitrogens is 1. The van der Waals surface area contributed by atoms with Crippen molar-refractivity contribution in [3.05, 3.63) is 20.8 Å². The second-order valence-corrected chi connectivity index (χ2v) is 4.87. The molecule has 1 amide bonds. The highest BCUT2D eigenvalue weighted by molar-refractivity contribution is 5.76. The van der Waals surface area contributed by atoms with E-state index in [4.69, 9.17) is 5.73 Å². The molecule has 1 aromatic heterocycles. The number of carbonyl (C=O) groups is 1. The Hall–Kier alpha value is -2.25. The summed E-state index contributed by atoms with van der Waals surface area (Å²) in [4.78, 5) is 36.8. The maximum atomic E-state index is 11.7. The summed E-state index contributed by atoms with van der Waals surface area (Å²) < 4.78 is 1.31. The van der Waals surface area contributed by atoms with Gasteiger partial charge in [-0.2, -0.15) is 0 Å². The van der Waals surface area contributed by atoms with E-state index in [-0.39, 0.29) is 36.3 Å². The summed E-state index contributed by atoms with van der Waals surface area (Å²) in [6.07, 6.45) is 0.207. The summed E-state index contributed by atoms with van der Waals surface area (Å²) in [7, 11) is 1.53. The molecule has 0 aromatic carbocycles. The Morgan fingerprint density at radius 2 is 2.05 bits per heavy atom. The van der Waals surface area contributed by atoms with Gasteiger partial charge in [0.1, 0.15) is 11.5 Å². The van der Waals surface area contributed by atoms with E-state index in [9.17, 15) is 14.4 Å². The molecule has 0 aliphatic rings. The van der Waals surface area contributed by atoms with Crippen LogP contribution in [0.1, 0.15) is 20.3 Å². The molecule has 0 saturated carbocycles. The summed E-state index contributed by atoms with van der Waals surface area (Å²) in [6, 6.07) is 0. The van der Waals surface area contributed by atoms with Crippen molar-refractivity contribution in [2.75, 3.05) is 24.6 Å². The lowest BCUT2D eigenvalue weighted by Gasteiger charge is -2.15. The monoisotopic (exact) mass is 283 g/mol. The highest BCUT2D eigenvalue weighted by atomic mass is 16.2. The van der Waals surface area contributed by atoms with Crippen LogP contribution in [0.3, 0.4) is 0 Å². The van der Waals surface area contributed by atoms with E-state index in [2.05, 4.69) is 15.6 Å². The Morgan fingerprint density at radius 1 is 1.40 bits per heavy atom. The van der Waals surface area contributed by atoms with Crippen LogP contribution < -0.4 is 27.6 Å². The molecule has 0 atom stereocenters. The maximum absolute atomic E-state index is 11.7. The van der Waals surface area contributed by atoms with Crippen LogP contribution in [0, 0.1) is 5.92 Å². The van der Waals surface area contributed by atoms with Crippen LogP contribution in [0.15, 0.2) is 9.59 Å². The van der Waals surface area contributed by atoms with Crippen LogP contribution in [0.25, 0.3) is 0 Å². The van der Waals surface area contributed by atoms with Crippen molar-refractivity contribution >= 4 is 17.4 Å². The minimum atomic E-state index is -0.579. The molecule has 0 aliphatic carbocycles. The van der Waals surface area contributed by atoms with Gasteiger partial charge in [0, 0.05) is 26.6 Å². The predicted molar refractivity (Wildman–Crippen MR) is 77.7 cm³/mol. The van der Waals surface area contributed by atoms with E-state index in [0.29, 0.717) is 6.54 Å². The second-order valence-electron chi connectivity index (χ2n) is 4.87. The van der Waals surface area contributed by atoms with Gasteiger partial charge in [-0.25, -0.2) is 4.79 Å². The highest BCUT2D eigenvalue weighted by Crippen LogP contribution is 2.11. The Labute approximate surface area is 116 Å². The first kappa shape index (κ1) is 15.8. The first-order valence-corrected chi connectivity index (χ1v) is 6.43. The van der Waals surface area contributed by atoms with Gasteiger partial charge in [-0.1, -0.05) is 13.8 Å². The number of amides is 1. The number of carbonyl (C=O) groups excluding carboxylic acids is 1. The van der Waals surface area contributed by atoms with Gasteiger partial charge < -0.3 is 16.4 Å². The molecule has 1 aromatic rings. The molecule has 20 heavy (non-hydrogen) atoms. The zero-order valence-electron chi connectivity index (χ0n) is 11.9. The minimum absolute atomic E-state index is 0.0874. The summed E-state index contributed by atoms with van der Waals surface area (Å²) in [5, 5.41) is 5.27. The summed E-state index contributed by atoms with van der Waals surface area (Å²) >= 11 is 0. The number of nitrogens with two attached hydrogens (primary N) is 1. The zero-order chi connectivity index (χ0) is 15.3. The third-order valence-corrected chi connectivity index (χ3v) is 2.72. The quantitative estimate of drug-likeness (QED) is 0.551. The number of anilines is 2. The standard InChI is InChI=1S/C12H21N5O3/c1-7(2)6-17-10(13)9(11(19)16-12(17)20)15-5-4-8(18)14-3/h7,15H,4-6,13H2,1-3H3,(H,14,18)(H,16,19,20). The van der Waals surface area contributed by atoms with Crippen LogP contribution in [0.4, 0.5) is 11.5 Å². The van der Waals surface area contributed by atoms with Crippen molar-refractivity contribution in [2.24, 2.45) is 5.92 Å².